The van der Waals surface area contributed by atoms with Crippen molar-refractivity contribution in [2.24, 2.45) is 5.92 Å². The summed E-state index contributed by atoms with van der Waals surface area (Å²) in [5.41, 5.74) is 3.87. The summed E-state index contributed by atoms with van der Waals surface area (Å²) < 4.78 is 5.74. The molecule has 0 bridgehead atoms. The molecule has 1 nitrogen and oxygen atoms in total. The summed E-state index contributed by atoms with van der Waals surface area (Å²) in [6.07, 6.45) is 1.04. The molecule has 0 aliphatic carbocycles. The Labute approximate surface area is 105 Å². The van der Waals surface area contributed by atoms with Crippen molar-refractivity contribution in [2.75, 3.05) is 12.4 Å². The van der Waals surface area contributed by atoms with Crippen molar-refractivity contribution >= 4 is 12.6 Å². The highest BCUT2D eigenvalue weighted by Crippen LogP contribution is 2.27. The number of ether oxygens (including phenoxy) is 1. The molecule has 0 radical (unpaired) electrons. The molecule has 0 N–H and O–H groups in total. The molecule has 0 aromatic heterocycles. The van der Waals surface area contributed by atoms with Gasteiger partial charge in [-0.15, -0.1) is 0 Å². The van der Waals surface area contributed by atoms with Crippen LogP contribution in [0.4, 0.5) is 0 Å². The first kappa shape index (κ1) is 13.4. The zero-order valence-corrected chi connectivity index (χ0v) is 11.6. The molecule has 1 unspecified atom stereocenters. The van der Waals surface area contributed by atoms with Gasteiger partial charge in [0.05, 0.1) is 6.61 Å². The van der Waals surface area contributed by atoms with Crippen molar-refractivity contribution in [2.45, 2.75) is 34.1 Å². The first-order valence-corrected chi connectivity index (χ1v) is 6.55. The molecule has 1 atom stereocenters. The van der Waals surface area contributed by atoms with Gasteiger partial charge in [0, 0.05) is 0 Å². The van der Waals surface area contributed by atoms with E-state index in [9.17, 15) is 0 Å². The van der Waals surface area contributed by atoms with Crippen LogP contribution in [-0.4, -0.2) is 12.4 Å². The highest BCUT2D eigenvalue weighted by Gasteiger charge is 2.11. The molecule has 0 heterocycles. The number of thiol groups is 1. The third-order valence-corrected chi connectivity index (χ3v) is 3.29. The zero-order chi connectivity index (χ0) is 12.1. The summed E-state index contributed by atoms with van der Waals surface area (Å²) >= 11 is 4.34. The fraction of sp³-hybridized carbons (Fsp3) is 0.571. The number of hydrogen-bond acceptors (Lipinski definition) is 2. The van der Waals surface area contributed by atoms with Crippen molar-refractivity contribution in [3.8, 4) is 5.75 Å². The van der Waals surface area contributed by atoms with Crippen LogP contribution in [0.25, 0.3) is 0 Å². The van der Waals surface area contributed by atoms with Crippen LogP contribution < -0.4 is 4.74 Å². The van der Waals surface area contributed by atoms with Gasteiger partial charge < -0.3 is 4.74 Å². The van der Waals surface area contributed by atoms with Crippen LogP contribution >= 0.6 is 12.6 Å². The van der Waals surface area contributed by atoms with Gasteiger partial charge in [-0.2, -0.15) is 12.6 Å². The van der Waals surface area contributed by atoms with E-state index in [0.717, 1.165) is 24.5 Å². The predicted molar refractivity (Wildman–Crippen MR) is 73.8 cm³/mol. The predicted octanol–water partition coefficient (Wildman–Crippen LogP) is 3.81. The number of aryl methyl sites for hydroxylation is 2. The molecule has 0 saturated heterocycles. The van der Waals surface area contributed by atoms with Gasteiger partial charge in [-0.25, -0.2) is 0 Å². The fourth-order valence-electron chi connectivity index (χ4n) is 1.98. The Balaban J connectivity index is 3.03. The topological polar surface area (TPSA) is 9.23 Å². The molecular formula is C14H22OS. The lowest BCUT2D eigenvalue weighted by Gasteiger charge is -2.16. The van der Waals surface area contributed by atoms with Crippen LogP contribution in [0.1, 0.15) is 30.5 Å². The Morgan fingerprint density at radius 3 is 2.56 bits per heavy atom. The Morgan fingerprint density at radius 2 is 2.00 bits per heavy atom. The standard InChI is InChI=1S/C14H22OS/c1-5-15-14-12(4)6-10(2)7-13(14)8-11(3)9-16/h6-7,11,16H,5,8-9H2,1-4H3. The summed E-state index contributed by atoms with van der Waals surface area (Å²) in [6.45, 7) is 9.24. The van der Waals surface area contributed by atoms with Gasteiger partial charge in [0.1, 0.15) is 5.75 Å². The summed E-state index contributed by atoms with van der Waals surface area (Å²) in [5, 5.41) is 0. The third kappa shape index (κ3) is 3.44. The molecule has 0 saturated carbocycles. The summed E-state index contributed by atoms with van der Waals surface area (Å²) in [6, 6.07) is 4.41. The van der Waals surface area contributed by atoms with Gasteiger partial charge in [-0.05, 0) is 50.0 Å². The summed E-state index contributed by atoms with van der Waals surface area (Å²) in [5.74, 6) is 2.57. The fourth-order valence-corrected chi connectivity index (χ4v) is 2.11. The van der Waals surface area contributed by atoms with Crippen LogP contribution in [0.2, 0.25) is 0 Å². The van der Waals surface area contributed by atoms with Crippen LogP contribution in [0, 0.1) is 19.8 Å². The molecule has 0 fully saturated rings. The van der Waals surface area contributed by atoms with Gasteiger partial charge in [0.2, 0.25) is 0 Å². The molecule has 0 amide bonds. The van der Waals surface area contributed by atoms with E-state index < -0.39 is 0 Å². The van der Waals surface area contributed by atoms with Crippen molar-refractivity contribution in [1.82, 2.24) is 0 Å². The van der Waals surface area contributed by atoms with E-state index in [-0.39, 0.29) is 0 Å². The summed E-state index contributed by atoms with van der Waals surface area (Å²) in [7, 11) is 0. The Bertz CT molecular complexity index is 347. The van der Waals surface area contributed by atoms with Crippen molar-refractivity contribution < 1.29 is 4.74 Å². The molecule has 1 aromatic carbocycles. The average Bonchev–Trinajstić information content (AvgIpc) is 2.23. The number of benzene rings is 1. The second-order valence-electron chi connectivity index (χ2n) is 4.49. The van der Waals surface area contributed by atoms with E-state index in [4.69, 9.17) is 4.74 Å². The van der Waals surface area contributed by atoms with Crippen LogP contribution in [0.5, 0.6) is 5.75 Å². The lowest BCUT2D eigenvalue weighted by molar-refractivity contribution is 0.332. The highest BCUT2D eigenvalue weighted by molar-refractivity contribution is 7.80. The van der Waals surface area contributed by atoms with Crippen molar-refractivity contribution in [3.05, 3.63) is 28.8 Å². The van der Waals surface area contributed by atoms with E-state index in [2.05, 4.69) is 45.5 Å². The van der Waals surface area contributed by atoms with Crippen molar-refractivity contribution in [1.29, 1.82) is 0 Å². The van der Waals surface area contributed by atoms with Gasteiger partial charge in [-0.3, -0.25) is 0 Å². The second-order valence-corrected chi connectivity index (χ2v) is 4.86. The Morgan fingerprint density at radius 1 is 1.31 bits per heavy atom. The minimum absolute atomic E-state index is 0.587. The quantitative estimate of drug-likeness (QED) is 0.767. The minimum atomic E-state index is 0.587. The first-order valence-electron chi connectivity index (χ1n) is 5.92. The Kier molecular flexibility index (Phi) is 5.20. The molecule has 0 aliphatic rings. The molecule has 0 aliphatic heterocycles. The molecule has 2 heteroatoms. The molecule has 16 heavy (non-hydrogen) atoms. The second kappa shape index (κ2) is 6.19. The SMILES string of the molecule is CCOc1c(C)cc(C)cc1CC(C)CS. The molecule has 90 valence electrons. The van der Waals surface area contributed by atoms with E-state index >= 15 is 0 Å². The van der Waals surface area contributed by atoms with Gasteiger partial charge in [-0.1, -0.05) is 24.6 Å². The van der Waals surface area contributed by atoms with E-state index in [1.54, 1.807) is 0 Å². The van der Waals surface area contributed by atoms with E-state index in [0.29, 0.717) is 5.92 Å². The number of rotatable bonds is 5. The smallest absolute Gasteiger partial charge is 0.125 e. The number of hydrogen-bond donors (Lipinski definition) is 1. The first-order chi connectivity index (χ1) is 7.58. The van der Waals surface area contributed by atoms with Gasteiger partial charge in [0.25, 0.3) is 0 Å². The highest BCUT2D eigenvalue weighted by atomic mass is 32.1. The largest absolute Gasteiger partial charge is 0.493 e. The average molecular weight is 238 g/mol. The lowest BCUT2D eigenvalue weighted by Crippen LogP contribution is -2.06. The maximum absolute atomic E-state index is 5.74. The lowest BCUT2D eigenvalue weighted by atomic mass is 9.97. The Hall–Kier alpha value is -0.630. The monoisotopic (exact) mass is 238 g/mol. The summed E-state index contributed by atoms with van der Waals surface area (Å²) in [4.78, 5) is 0. The molecule has 0 spiro atoms. The maximum Gasteiger partial charge on any atom is 0.125 e. The molecule has 1 aromatic rings. The molecule has 1 rings (SSSR count). The minimum Gasteiger partial charge on any atom is -0.493 e. The third-order valence-electron chi connectivity index (χ3n) is 2.66. The van der Waals surface area contributed by atoms with Gasteiger partial charge in [0.15, 0.2) is 0 Å². The van der Waals surface area contributed by atoms with Gasteiger partial charge >= 0.3 is 0 Å². The van der Waals surface area contributed by atoms with E-state index in [1.807, 2.05) is 6.92 Å². The van der Waals surface area contributed by atoms with Crippen molar-refractivity contribution in [3.63, 3.8) is 0 Å². The van der Waals surface area contributed by atoms with Crippen LogP contribution in [0.15, 0.2) is 12.1 Å². The van der Waals surface area contributed by atoms with Crippen LogP contribution in [-0.2, 0) is 6.42 Å². The molecular weight excluding hydrogens is 216 g/mol. The maximum atomic E-state index is 5.74. The van der Waals surface area contributed by atoms with E-state index in [1.165, 1.54) is 16.7 Å². The normalized spacial score (nSPS) is 12.6. The van der Waals surface area contributed by atoms with Crippen LogP contribution in [0.3, 0.4) is 0 Å². The zero-order valence-electron chi connectivity index (χ0n) is 10.7.